The summed E-state index contributed by atoms with van der Waals surface area (Å²) in [6.07, 6.45) is 0. The monoisotopic (exact) mass is 247 g/mol. The predicted molar refractivity (Wildman–Crippen MR) is 73.8 cm³/mol. The number of nitrogens with two attached hydrogens (primary N) is 1. The van der Waals surface area contributed by atoms with Gasteiger partial charge in [-0.25, -0.2) is 0 Å². The quantitative estimate of drug-likeness (QED) is 0.658. The molecule has 0 aliphatic heterocycles. The zero-order valence-electron chi connectivity index (χ0n) is 11.7. The molecule has 0 aliphatic carbocycles. The zero-order chi connectivity index (χ0) is 14.1. The predicted octanol–water partition coefficient (Wildman–Crippen LogP) is 3.34. The molecule has 0 saturated carbocycles. The van der Waals surface area contributed by atoms with E-state index in [0.29, 0.717) is 16.8 Å². The topological polar surface area (TPSA) is 60.2 Å². The molecule has 0 amide bonds. The van der Waals surface area contributed by atoms with Crippen molar-refractivity contribution < 1.29 is 9.59 Å². The lowest BCUT2D eigenvalue weighted by Crippen LogP contribution is -2.21. The number of carbonyl (C=O) groups is 2. The minimum absolute atomic E-state index is 0.0106. The summed E-state index contributed by atoms with van der Waals surface area (Å²) >= 11 is 0. The molecule has 0 bridgehead atoms. The molecule has 0 heterocycles. The Bertz CT molecular complexity index is 482. The molecule has 0 saturated heterocycles. The molecule has 0 radical (unpaired) electrons. The van der Waals surface area contributed by atoms with Gasteiger partial charge in [-0.15, -0.1) is 0 Å². The van der Waals surface area contributed by atoms with Crippen LogP contribution in [0.5, 0.6) is 0 Å². The summed E-state index contributed by atoms with van der Waals surface area (Å²) < 4.78 is 0. The number of ketones is 2. The Kier molecular flexibility index (Phi) is 3.95. The molecule has 0 aromatic heterocycles. The van der Waals surface area contributed by atoms with Crippen molar-refractivity contribution in [2.75, 3.05) is 5.73 Å². The first-order chi connectivity index (χ1) is 8.14. The van der Waals surface area contributed by atoms with E-state index in [9.17, 15) is 9.59 Å². The minimum atomic E-state index is -0.475. The molecule has 1 rings (SSSR count). The Labute approximate surface area is 108 Å². The lowest BCUT2D eigenvalue weighted by Gasteiger charge is -2.18. The van der Waals surface area contributed by atoms with Crippen LogP contribution in [0.15, 0.2) is 18.2 Å². The van der Waals surface area contributed by atoms with Crippen molar-refractivity contribution in [2.24, 2.45) is 11.3 Å². The average Bonchev–Trinajstić information content (AvgIpc) is 2.25. The van der Waals surface area contributed by atoms with Crippen molar-refractivity contribution in [3.8, 4) is 0 Å². The number of hydrogen-bond donors (Lipinski definition) is 1. The Morgan fingerprint density at radius 3 is 2.11 bits per heavy atom. The summed E-state index contributed by atoms with van der Waals surface area (Å²) in [7, 11) is 0. The first kappa shape index (κ1) is 14.4. The highest BCUT2D eigenvalue weighted by Crippen LogP contribution is 2.25. The average molecular weight is 247 g/mol. The molecule has 0 aliphatic rings. The maximum Gasteiger partial charge on any atom is 0.170 e. The minimum Gasteiger partial charge on any atom is -0.398 e. The Morgan fingerprint density at radius 1 is 1.17 bits per heavy atom. The molecule has 3 nitrogen and oxygen atoms in total. The number of nitrogen functional groups attached to an aromatic ring is 1. The maximum atomic E-state index is 12.1. The Balaban J connectivity index is 3.16. The van der Waals surface area contributed by atoms with E-state index in [-0.39, 0.29) is 17.5 Å². The molecule has 1 aromatic rings. The summed E-state index contributed by atoms with van der Waals surface area (Å²) in [4.78, 5) is 24.0. The molecule has 2 N–H and O–H groups in total. The number of anilines is 1. The van der Waals surface area contributed by atoms with Gasteiger partial charge in [-0.05, 0) is 12.1 Å². The number of rotatable bonds is 3. The molecule has 0 atom stereocenters. The molecule has 18 heavy (non-hydrogen) atoms. The van der Waals surface area contributed by atoms with Gasteiger partial charge in [0.2, 0.25) is 0 Å². The van der Waals surface area contributed by atoms with E-state index in [1.165, 1.54) is 0 Å². The van der Waals surface area contributed by atoms with Gasteiger partial charge in [0, 0.05) is 28.1 Å². The van der Waals surface area contributed by atoms with Crippen molar-refractivity contribution in [1.82, 2.24) is 0 Å². The van der Waals surface area contributed by atoms with Crippen molar-refractivity contribution in [3.05, 3.63) is 29.3 Å². The number of carbonyl (C=O) groups excluding carboxylic acids is 2. The number of benzene rings is 1. The third-order valence-electron chi connectivity index (χ3n) is 2.79. The number of hydrogen-bond acceptors (Lipinski definition) is 3. The first-order valence-electron chi connectivity index (χ1n) is 6.13. The van der Waals surface area contributed by atoms with Crippen molar-refractivity contribution in [3.63, 3.8) is 0 Å². The Morgan fingerprint density at radius 2 is 1.72 bits per heavy atom. The fourth-order valence-corrected chi connectivity index (χ4v) is 1.66. The fourth-order valence-electron chi connectivity index (χ4n) is 1.66. The lowest BCUT2D eigenvalue weighted by atomic mass is 9.85. The fraction of sp³-hybridized carbons (Fsp3) is 0.467. The highest BCUT2D eigenvalue weighted by molar-refractivity contribution is 6.06. The van der Waals surface area contributed by atoms with Crippen molar-refractivity contribution in [2.45, 2.75) is 34.6 Å². The van der Waals surface area contributed by atoms with Gasteiger partial charge in [-0.2, -0.15) is 0 Å². The van der Waals surface area contributed by atoms with E-state index < -0.39 is 5.41 Å². The van der Waals surface area contributed by atoms with Crippen molar-refractivity contribution in [1.29, 1.82) is 0 Å². The van der Waals surface area contributed by atoms with E-state index in [1.54, 1.807) is 18.2 Å². The van der Waals surface area contributed by atoms with Crippen LogP contribution in [0.1, 0.15) is 55.3 Å². The third kappa shape index (κ3) is 2.97. The van der Waals surface area contributed by atoms with Crippen LogP contribution in [0.4, 0.5) is 5.69 Å². The largest absolute Gasteiger partial charge is 0.398 e. The van der Waals surface area contributed by atoms with Crippen LogP contribution >= 0.6 is 0 Å². The van der Waals surface area contributed by atoms with Gasteiger partial charge in [-0.3, -0.25) is 9.59 Å². The van der Waals surface area contributed by atoms with Crippen LogP contribution in [0, 0.1) is 11.3 Å². The van der Waals surface area contributed by atoms with E-state index in [4.69, 9.17) is 5.73 Å². The molecule has 0 fully saturated rings. The molecule has 3 heteroatoms. The van der Waals surface area contributed by atoms with Crippen molar-refractivity contribution >= 4 is 17.3 Å². The summed E-state index contributed by atoms with van der Waals surface area (Å²) in [6.45, 7) is 9.23. The van der Waals surface area contributed by atoms with E-state index in [2.05, 4.69) is 0 Å². The normalized spacial score (nSPS) is 11.7. The van der Waals surface area contributed by atoms with Gasteiger partial charge in [0.15, 0.2) is 11.6 Å². The van der Waals surface area contributed by atoms with Crippen LogP contribution in [0.25, 0.3) is 0 Å². The highest BCUT2D eigenvalue weighted by Gasteiger charge is 2.25. The molecule has 0 unspecified atom stereocenters. The molecule has 0 spiro atoms. The summed E-state index contributed by atoms with van der Waals surface area (Å²) in [6, 6.07) is 4.93. The zero-order valence-corrected chi connectivity index (χ0v) is 11.7. The smallest absolute Gasteiger partial charge is 0.170 e. The van der Waals surface area contributed by atoms with Crippen LogP contribution in [-0.4, -0.2) is 11.6 Å². The molecular formula is C15H21NO2. The van der Waals surface area contributed by atoms with Gasteiger partial charge < -0.3 is 5.73 Å². The van der Waals surface area contributed by atoms with Gasteiger partial charge in [0.25, 0.3) is 0 Å². The second-order valence-electron chi connectivity index (χ2n) is 5.90. The lowest BCUT2D eigenvalue weighted by molar-refractivity contribution is 0.0858. The van der Waals surface area contributed by atoms with Gasteiger partial charge >= 0.3 is 0 Å². The van der Waals surface area contributed by atoms with E-state index >= 15 is 0 Å². The Hall–Kier alpha value is -1.64. The van der Waals surface area contributed by atoms with Crippen LogP contribution in [-0.2, 0) is 0 Å². The van der Waals surface area contributed by atoms with Gasteiger partial charge in [0.1, 0.15) is 0 Å². The number of Topliss-reactive ketones (excluding diaryl/α,β-unsaturated/α-hetero) is 2. The third-order valence-corrected chi connectivity index (χ3v) is 2.79. The highest BCUT2D eigenvalue weighted by atomic mass is 16.1. The van der Waals surface area contributed by atoms with E-state index in [0.717, 1.165) is 0 Å². The molecular weight excluding hydrogens is 226 g/mol. The van der Waals surface area contributed by atoms with Gasteiger partial charge in [-0.1, -0.05) is 40.7 Å². The SMILES string of the molecule is CC(C)C(=O)c1ccc(C(=O)C(C)(C)C)c(N)c1. The van der Waals surface area contributed by atoms with Crippen LogP contribution in [0.3, 0.4) is 0 Å². The second-order valence-corrected chi connectivity index (χ2v) is 5.90. The maximum absolute atomic E-state index is 12.1. The first-order valence-corrected chi connectivity index (χ1v) is 6.13. The summed E-state index contributed by atoms with van der Waals surface area (Å²) in [5.74, 6) is -0.0476. The van der Waals surface area contributed by atoms with Crippen LogP contribution in [0.2, 0.25) is 0 Å². The summed E-state index contributed by atoms with van der Waals surface area (Å²) in [5.41, 5.74) is 6.84. The van der Waals surface area contributed by atoms with Gasteiger partial charge in [0.05, 0.1) is 0 Å². The summed E-state index contributed by atoms with van der Waals surface area (Å²) in [5, 5.41) is 0. The van der Waals surface area contributed by atoms with E-state index in [1.807, 2.05) is 34.6 Å². The van der Waals surface area contributed by atoms with Crippen LogP contribution < -0.4 is 5.73 Å². The molecule has 98 valence electrons. The second kappa shape index (κ2) is 4.92. The standard InChI is InChI=1S/C15H21NO2/c1-9(2)13(17)10-6-7-11(12(16)8-10)14(18)15(3,4)5/h6-9H,16H2,1-5H3. The molecule has 1 aromatic carbocycles.